The molecule has 0 spiro atoms. The maximum atomic E-state index is 12.1. The predicted octanol–water partition coefficient (Wildman–Crippen LogP) is -0.181. The number of rotatable bonds is 4. The Morgan fingerprint density at radius 2 is 2.23 bits per heavy atom. The molecule has 1 aromatic heterocycles. The predicted molar refractivity (Wildman–Crippen MR) is 81.0 cm³/mol. The summed E-state index contributed by atoms with van der Waals surface area (Å²) in [6.45, 7) is 0.179. The van der Waals surface area contributed by atoms with Gasteiger partial charge in [0.2, 0.25) is 0 Å². The second-order valence-corrected chi connectivity index (χ2v) is 4.79. The zero-order chi connectivity index (χ0) is 15.5. The molecule has 1 aromatic carbocycles. The minimum absolute atomic E-state index is 0.192. The molecule has 22 heavy (non-hydrogen) atoms. The Kier molecular flexibility index (Phi) is 3.65. The quantitative estimate of drug-likeness (QED) is 0.820. The zero-order valence-corrected chi connectivity index (χ0v) is 11.7. The lowest BCUT2D eigenvalue weighted by Crippen LogP contribution is -2.32. The lowest BCUT2D eigenvalue weighted by Gasteiger charge is -2.07. The van der Waals surface area contributed by atoms with E-state index in [1.54, 1.807) is 30.3 Å². The van der Waals surface area contributed by atoms with Crippen LogP contribution in [-0.2, 0) is 11.3 Å². The average Bonchev–Trinajstić information content (AvgIpc) is 2.82. The van der Waals surface area contributed by atoms with Crippen molar-refractivity contribution in [2.24, 2.45) is 0 Å². The number of hydrogen-bond donors (Lipinski definition) is 2. The third-order valence-corrected chi connectivity index (χ3v) is 3.30. The Morgan fingerprint density at radius 3 is 3.05 bits per heavy atom. The molecule has 0 amide bonds. The SMILES string of the molecule is O=C(O)COc1ccccc1C=c1c(=O)[nH]c2n1CC=CC=2. The van der Waals surface area contributed by atoms with Crippen molar-refractivity contribution in [2.45, 2.75) is 6.54 Å². The van der Waals surface area contributed by atoms with Gasteiger partial charge >= 0.3 is 5.97 Å². The van der Waals surface area contributed by atoms with Crippen LogP contribution in [-0.4, -0.2) is 27.2 Å². The van der Waals surface area contributed by atoms with Gasteiger partial charge in [-0.25, -0.2) is 4.79 Å². The van der Waals surface area contributed by atoms with Crippen LogP contribution in [0.15, 0.2) is 41.2 Å². The summed E-state index contributed by atoms with van der Waals surface area (Å²) in [5.74, 6) is -0.623. The number of hydrogen-bond acceptors (Lipinski definition) is 3. The van der Waals surface area contributed by atoms with Gasteiger partial charge < -0.3 is 19.4 Å². The first-order valence-corrected chi connectivity index (χ1v) is 6.76. The van der Waals surface area contributed by atoms with Gasteiger partial charge in [0.1, 0.15) is 16.6 Å². The fraction of sp³-hybridized carbons (Fsp3) is 0.125. The van der Waals surface area contributed by atoms with Gasteiger partial charge in [0, 0.05) is 12.1 Å². The summed E-state index contributed by atoms with van der Waals surface area (Å²) in [5, 5.41) is 9.22. The lowest BCUT2D eigenvalue weighted by atomic mass is 10.2. The molecule has 6 nitrogen and oxygen atoms in total. The summed E-state index contributed by atoms with van der Waals surface area (Å²) in [6, 6.07) is 7.01. The van der Waals surface area contributed by atoms with Gasteiger partial charge in [-0.2, -0.15) is 0 Å². The van der Waals surface area contributed by atoms with Gasteiger partial charge in [-0.1, -0.05) is 30.4 Å². The van der Waals surface area contributed by atoms with Gasteiger partial charge in [-0.15, -0.1) is 0 Å². The average molecular weight is 298 g/mol. The summed E-state index contributed by atoms with van der Waals surface area (Å²) in [7, 11) is 0. The van der Waals surface area contributed by atoms with Gasteiger partial charge in [0.25, 0.3) is 5.56 Å². The summed E-state index contributed by atoms with van der Waals surface area (Å²) in [5.41, 5.74) is 1.20. The van der Waals surface area contributed by atoms with Crippen molar-refractivity contribution in [1.82, 2.24) is 9.55 Å². The van der Waals surface area contributed by atoms with E-state index in [2.05, 4.69) is 4.98 Å². The van der Waals surface area contributed by atoms with Gasteiger partial charge in [-0.3, -0.25) is 4.79 Å². The van der Waals surface area contributed by atoms with Crippen molar-refractivity contribution in [3.63, 3.8) is 0 Å². The Morgan fingerprint density at radius 1 is 1.41 bits per heavy atom. The molecular formula is C16H14N2O4. The van der Waals surface area contributed by atoms with Crippen LogP contribution in [0.2, 0.25) is 0 Å². The number of carbonyl (C=O) groups is 1. The summed E-state index contributed by atoms with van der Waals surface area (Å²) in [4.78, 5) is 25.5. The van der Waals surface area contributed by atoms with Crippen molar-refractivity contribution in [3.8, 4) is 5.75 Å². The van der Waals surface area contributed by atoms with E-state index in [0.29, 0.717) is 23.2 Å². The number of para-hydroxylation sites is 1. The van der Waals surface area contributed by atoms with Crippen molar-refractivity contribution in [3.05, 3.63) is 63.2 Å². The Balaban J connectivity index is 2.09. The summed E-state index contributed by atoms with van der Waals surface area (Å²) >= 11 is 0. The second kappa shape index (κ2) is 5.77. The van der Waals surface area contributed by atoms with Gasteiger partial charge in [0.15, 0.2) is 6.61 Å². The lowest BCUT2D eigenvalue weighted by molar-refractivity contribution is -0.139. The van der Waals surface area contributed by atoms with Crippen LogP contribution < -0.4 is 21.1 Å². The molecule has 2 N–H and O–H groups in total. The fourth-order valence-electron chi connectivity index (χ4n) is 2.32. The van der Waals surface area contributed by atoms with Gasteiger partial charge in [-0.05, 0) is 18.2 Å². The van der Waals surface area contributed by atoms with E-state index in [9.17, 15) is 9.59 Å². The number of imidazole rings is 1. The Hall–Kier alpha value is -3.02. The number of nitrogens with one attached hydrogen (secondary N) is 1. The number of allylic oxidation sites excluding steroid dienone is 2. The second-order valence-electron chi connectivity index (χ2n) is 4.79. The van der Waals surface area contributed by atoms with Crippen molar-refractivity contribution in [2.75, 3.05) is 6.61 Å². The van der Waals surface area contributed by atoms with Crippen LogP contribution in [0, 0.1) is 0 Å². The number of benzene rings is 1. The number of fused-ring (bicyclic) bond motifs is 1. The highest BCUT2D eigenvalue weighted by Crippen LogP contribution is 2.18. The van der Waals surface area contributed by atoms with Crippen LogP contribution in [0.1, 0.15) is 5.56 Å². The van der Waals surface area contributed by atoms with Crippen LogP contribution >= 0.6 is 0 Å². The van der Waals surface area contributed by atoms with E-state index in [-0.39, 0.29) is 5.56 Å². The van der Waals surface area contributed by atoms with Crippen molar-refractivity contribution in [1.29, 1.82) is 0 Å². The van der Waals surface area contributed by atoms with Gasteiger partial charge in [0.05, 0.1) is 0 Å². The Bertz CT molecular complexity index is 918. The highest BCUT2D eigenvalue weighted by atomic mass is 16.5. The van der Waals surface area contributed by atoms with E-state index >= 15 is 0 Å². The van der Waals surface area contributed by atoms with E-state index in [4.69, 9.17) is 9.84 Å². The minimum Gasteiger partial charge on any atom is -0.481 e. The molecule has 1 aliphatic heterocycles. The number of aromatic nitrogens is 2. The number of carboxylic acids is 1. The number of aromatic amines is 1. The molecule has 2 heterocycles. The van der Waals surface area contributed by atoms with E-state index in [1.165, 1.54) is 0 Å². The molecule has 0 saturated heterocycles. The normalized spacial score (nSPS) is 13.5. The summed E-state index contributed by atoms with van der Waals surface area (Å²) in [6.07, 6.45) is 7.37. The third kappa shape index (κ3) is 2.71. The molecule has 1 aliphatic rings. The van der Waals surface area contributed by atoms with Crippen LogP contribution in [0.4, 0.5) is 0 Å². The standard InChI is InChI=1S/C16H14N2O4/c19-15(20)10-22-13-6-2-1-5-11(13)9-12-16(21)17-14-7-3-4-8-18(12)14/h1-7,9H,8,10H2,(H,17,21)(H,19,20). The smallest absolute Gasteiger partial charge is 0.341 e. The molecule has 3 rings (SSSR count). The highest BCUT2D eigenvalue weighted by Gasteiger charge is 2.07. The maximum Gasteiger partial charge on any atom is 0.341 e. The molecule has 0 atom stereocenters. The number of H-pyrrole nitrogens is 1. The third-order valence-electron chi connectivity index (χ3n) is 3.30. The first-order chi connectivity index (χ1) is 10.6. The molecule has 0 saturated carbocycles. The highest BCUT2D eigenvalue weighted by molar-refractivity contribution is 5.69. The largest absolute Gasteiger partial charge is 0.481 e. The molecule has 6 heteroatoms. The minimum atomic E-state index is -1.05. The number of ether oxygens (including phenoxy) is 1. The van der Waals surface area contributed by atoms with Crippen LogP contribution in [0.3, 0.4) is 0 Å². The molecule has 0 unspecified atom stereocenters. The van der Waals surface area contributed by atoms with E-state index in [1.807, 2.05) is 22.8 Å². The number of carboxylic acid groups (broad SMARTS) is 1. The monoisotopic (exact) mass is 298 g/mol. The Labute approximate surface area is 125 Å². The molecule has 0 fully saturated rings. The molecule has 2 aromatic rings. The van der Waals surface area contributed by atoms with Crippen LogP contribution in [0.25, 0.3) is 12.2 Å². The zero-order valence-electron chi connectivity index (χ0n) is 11.7. The molecule has 0 bridgehead atoms. The molecular weight excluding hydrogens is 284 g/mol. The first-order valence-electron chi connectivity index (χ1n) is 6.76. The maximum absolute atomic E-state index is 12.1. The molecule has 0 radical (unpaired) electrons. The molecule has 0 aliphatic carbocycles. The number of aliphatic carboxylic acids is 1. The van der Waals surface area contributed by atoms with E-state index < -0.39 is 12.6 Å². The molecule has 112 valence electrons. The fourth-order valence-corrected chi connectivity index (χ4v) is 2.32. The first kappa shape index (κ1) is 13.9. The summed E-state index contributed by atoms with van der Waals surface area (Å²) < 4.78 is 7.11. The van der Waals surface area contributed by atoms with E-state index in [0.717, 1.165) is 5.48 Å². The van der Waals surface area contributed by atoms with Crippen molar-refractivity contribution < 1.29 is 14.6 Å². The topological polar surface area (TPSA) is 84.3 Å². The number of nitrogens with zero attached hydrogens (tertiary/aromatic N) is 1. The van der Waals surface area contributed by atoms with Crippen LogP contribution in [0.5, 0.6) is 5.75 Å². The van der Waals surface area contributed by atoms with Crippen molar-refractivity contribution >= 4 is 18.1 Å².